The maximum Gasteiger partial charge on any atom is 0.165 e. The van der Waals surface area contributed by atoms with Gasteiger partial charge in [-0.1, -0.05) is 29.8 Å². The van der Waals surface area contributed by atoms with E-state index in [1.54, 1.807) is 6.20 Å². The minimum Gasteiger partial charge on any atom is -0.370 e. The minimum absolute atomic E-state index is 0.696. The zero-order valence-electron chi connectivity index (χ0n) is 13.4. The molecule has 5 nitrogen and oxygen atoms in total. The van der Waals surface area contributed by atoms with E-state index in [0.717, 1.165) is 41.3 Å². The second-order valence-electron chi connectivity index (χ2n) is 5.63. The van der Waals surface area contributed by atoms with E-state index in [1.165, 1.54) is 0 Å². The Hall–Kier alpha value is -2.92. The van der Waals surface area contributed by atoms with Crippen LogP contribution in [0.1, 0.15) is 5.69 Å². The predicted octanol–water partition coefficient (Wildman–Crippen LogP) is 4.10. The van der Waals surface area contributed by atoms with Crippen molar-refractivity contribution in [2.75, 3.05) is 11.9 Å². The van der Waals surface area contributed by atoms with Gasteiger partial charge in [-0.2, -0.15) is 9.61 Å². The number of nitrogens with zero attached hydrogens (tertiary/aromatic N) is 4. The lowest BCUT2D eigenvalue weighted by Gasteiger charge is -2.08. The smallest absolute Gasteiger partial charge is 0.165 e. The fourth-order valence-corrected chi connectivity index (χ4v) is 2.94. The van der Waals surface area contributed by atoms with Crippen molar-refractivity contribution < 1.29 is 0 Å². The summed E-state index contributed by atoms with van der Waals surface area (Å²) in [6, 6.07) is 15.6. The van der Waals surface area contributed by atoms with Crippen LogP contribution in [0.15, 0.2) is 67.1 Å². The number of hydrogen-bond acceptors (Lipinski definition) is 4. The van der Waals surface area contributed by atoms with Gasteiger partial charge in [0.25, 0.3) is 0 Å². The first-order valence-electron chi connectivity index (χ1n) is 8.04. The summed E-state index contributed by atoms with van der Waals surface area (Å²) in [6.45, 7) is 0.766. The fourth-order valence-electron chi connectivity index (χ4n) is 2.75. The molecule has 0 fully saturated rings. The van der Waals surface area contributed by atoms with Crippen LogP contribution in [-0.4, -0.2) is 26.1 Å². The lowest BCUT2D eigenvalue weighted by atomic mass is 10.1. The third-order valence-corrected chi connectivity index (χ3v) is 4.19. The molecule has 0 bridgehead atoms. The van der Waals surface area contributed by atoms with E-state index < -0.39 is 0 Å². The summed E-state index contributed by atoms with van der Waals surface area (Å²) in [7, 11) is 0. The van der Waals surface area contributed by atoms with Crippen molar-refractivity contribution in [2.24, 2.45) is 0 Å². The van der Waals surface area contributed by atoms with Crippen molar-refractivity contribution >= 4 is 23.1 Å². The van der Waals surface area contributed by atoms with Gasteiger partial charge in [-0.25, -0.2) is 4.98 Å². The average Bonchev–Trinajstić information content (AvgIpc) is 3.08. The number of benzene rings is 1. The van der Waals surface area contributed by atoms with Crippen LogP contribution in [0.4, 0.5) is 5.82 Å². The van der Waals surface area contributed by atoms with Crippen LogP contribution < -0.4 is 5.32 Å². The quantitative estimate of drug-likeness (QED) is 0.589. The molecule has 1 N–H and O–H groups in total. The molecule has 0 aliphatic heterocycles. The van der Waals surface area contributed by atoms with Crippen molar-refractivity contribution in [3.63, 3.8) is 0 Å². The second kappa shape index (κ2) is 6.91. The summed E-state index contributed by atoms with van der Waals surface area (Å²) in [5.41, 5.74) is 3.81. The predicted molar refractivity (Wildman–Crippen MR) is 99.9 cm³/mol. The Morgan fingerprint density at radius 1 is 1.00 bits per heavy atom. The Bertz CT molecular complexity index is 997. The molecule has 0 aliphatic carbocycles. The molecule has 0 unspecified atom stereocenters. The number of rotatable bonds is 5. The first kappa shape index (κ1) is 15.6. The highest BCUT2D eigenvalue weighted by atomic mass is 35.5. The highest BCUT2D eigenvalue weighted by Gasteiger charge is 2.10. The molecule has 0 atom stereocenters. The molecule has 6 heteroatoms. The van der Waals surface area contributed by atoms with Gasteiger partial charge in [-0.3, -0.25) is 4.98 Å². The molecular formula is C19H16ClN5. The third-order valence-electron chi connectivity index (χ3n) is 3.95. The summed E-state index contributed by atoms with van der Waals surface area (Å²) >= 11 is 6.11. The zero-order valence-corrected chi connectivity index (χ0v) is 14.2. The van der Waals surface area contributed by atoms with E-state index in [9.17, 15) is 0 Å². The maximum absolute atomic E-state index is 6.11. The van der Waals surface area contributed by atoms with Crippen LogP contribution in [0.2, 0.25) is 5.02 Å². The summed E-state index contributed by atoms with van der Waals surface area (Å²) in [5, 5.41) is 8.59. The van der Waals surface area contributed by atoms with Gasteiger partial charge in [0, 0.05) is 41.6 Å². The van der Waals surface area contributed by atoms with Crippen LogP contribution in [0.25, 0.3) is 16.8 Å². The van der Waals surface area contributed by atoms with Gasteiger partial charge in [-0.15, -0.1) is 0 Å². The van der Waals surface area contributed by atoms with E-state index in [-0.39, 0.29) is 0 Å². The molecule has 0 saturated heterocycles. The molecular weight excluding hydrogens is 334 g/mol. The summed E-state index contributed by atoms with van der Waals surface area (Å²) in [5.74, 6) is 0.897. The molecule has 4 aromatic rings. The average molecular weight is 350 g/mol. The van der Waals surface area contributed by atoms with Gasteiger partial charge in [0.1, 0.15) is 5.82 Å². The van der Waals surface area contributed by atoms with Crippen LogP contribution >= 0.6 is 11.6 Å². The van der Waals surface area contributed by atoms with Gasteiger partial charge in [0.15, 0.2) is 5.65 Å². The molecule has 3 aromatic heterocycles. The Kier molecular flexibility index (Phi) is 4.31. The molecule has 0 saturated carbocycles. The summed E-state index contributed by atoms with van der Waals surface area (Å²) < 4.78 is 1.81. The lowest BCUT2D eigenvalue weighted by Crippen LogP contribution is -2.09. The van der Waals surface area contributed by atoms with E-state index in [0.29, 0.717) is 5.02 Å². The second-order valence-corrected chi connectivity index (χ2v) is 6.07. The Balaban J connectivity index is 1.59. The largest absolute Gasteiger partial charge is 0.370 e. The van der Waals surface area contributed by atoms with Crippen LogP contribution in [0.3, 0.4) is 0 Å². The number of hydrogen-bond donors (Lipinski definition) is 1. The van der Waals surface area contributed by atoms with Crippen molar-refractivity contribution in [3.8, 4) is 11.1 Å². The van der Waals surface area contributed by atoms with Crippen LogP contribution in [0.5, 0.6) is 0 Å². The molecule has 4 rings (SSSR count). The number of halogens is 1. The normalized spacial score (nSPS) is 10.9. The molecule has 0 radical (unpaired) electrons. The molecule has 0 spiro atoms. The minimum atomic E-state index is 0.696. The number of nitrogens with one attached hydrogen (secondary N) is 1. The third kappa shape index (κ3) is 3.32. The van der Waals surface area contributed by atoms with Crippen molar-refractivity contribution in [1.82, 2.24) is 19.6 Å². The van der Waals surface area contributed by atoms with Gasteiger partial charge < -0.3 is 5.32 Å². The van der Waals surface area contributed by atoms with Gasteiger partial charge in [0.05, 0.1) is 6.20 Å². The van der Waals surface area contributed by atoms with E-state index in [4.69, 9.17) is 11.6 Å². The number of pyridine rings is 1. The van der Waals surface area contributed by atoms with Gasteiger partial charge in [0.2, 0.25) is 0 Å². The van der Waals surface area contributed by atoms with E-state index in [2.05, 4.69) is 20.4 Å². The van der Waals surface area contributed by atoms with Crippen LogP contribution in [0, 0.1) is 0 Å². The van der Waals surface area contributed by atoms with Gasteiger partial charge in [-0.05, 0) is 35.9 Å². The highest BCUT2D eigenvalue weighted by molar-refractivity contribution is 6.30. The first-order chi connectivity index (χ1) is 12.3. The Morgan fingerprint density at radius 3 is 2.80 bits per heavy atom. The zero-order chi connectivity index (χ0) is 17.1. The molecule has 1 aromatic carbocycles. The van der Waals surface area contributed by atoms with Crippen molar-refractivity contribution in [1.29, 1.82) is 0 Å². The summed E-state index contributed by atoms with van der Waals surface area (Å²) in [6.07, 6.45) is 6.25. The number of aromatic nitrogens is 4. The number of fused-ring (bicyclic) bond motifs is 1. The SMILES string of the molecule is Clc1cccc(-c2cnn3c(NCCc4ccccn4)ccnc23)c1. The monoisotopic (exact) mass is 349 g/mol. The topological polar surface area (TPSA) is 55.1 Å². The van der Waals surface area contributed by atoms with E-state index in [1.807, 2.05) is 65.4 Å². The van der Waals surface area contributed by atoms with Crippen LogP contribution in [-0.2, 0) is 6.42 Å². The Labute approximate surface area is 150 Å². The first-order valence-corrected chi connectivity index (χ1v) is 8.41. The Morgan fingerprint density at radius 2 is 1.96 bits per heavy atom. The van der Waals surface area contributed by atoms with E-state index >= 15 is 0 Å². The molecule has 0 aliphatic rings. The highest BCUT2D eigenvalue weighted by Crippen LogP contribution is 2.26. The molecule has 3 heterocycles. The maximum atomic E-state index is 6.11. The fraction of sp³-hybridized carbons (Fsp3) is 0.105. The standard InChI is InChI=1S/C19H16ClN5/c20-15-5-3-4-14(12-15)17-13-24-25-18(8-11-23-19(17)25)22-10-7-16-6-1-2-9-21-16/h1-6,8-9,11-13,22H,7,10H2. The molecule has 124 valence electrons. The van der Waals surface area contributed by atoms with Gasteiger partial charge >= 0.3 is 0 Å². The molecule has 0 amide bonds. The number of anilines is 1. The lowest BCUT2D eigenvalue weighted by molar-refractivity contribution is 0.901. The summed E-state index contributed by atoms with van der Waals surface area (Å²) in [4.78, 5) is 8.82. The van der Waals surface area contributed by atoms with Crippen molar-refractivity contribution in [2.45, 2.75) is 6.42 Å². The molecule has 25 heavy (non-hydrogen) atoms. The van der Waals surface area contributed by atoms with Crippen molar-refractivity contribution in [3.05, 3.63) is 77.8 Å².